The molecule has 3 aliphatic heterocycles. The molecule has 2 fully saturated rings. The van der Waals surface area contributed by atoms with Crippen molar-refractivity contribution < 1.29 is 19.0 Å². The van der Waals surface area contributed by atoms with Gasteiger partial charge in [-0.25, -0.2) is 14.4 Å². The third-order valence-electron chi connectivity index (χ3n) is 8.10. The van der Waals surface area contributed by atoms with Crippen LogP contribution in [0, 0.1) is 5.82 Å². The quantitative estimate of drug-likeness (QED) is 0.328. The van der Waals surface area contributed by atoms with Gasteiger partial charge in [-0.15, -0.1) is 0 Å². The molecule has 1 unspecified atom stereocenters. The number of hydrogen-bond acceptors (Lipinski definition) is 9. The highest BCUT2D eigenvalue weighted by Crippen LogP contribution is 2.34. The number of rotatable bonds is 6. The van der Waals surface area contributed by atoms with Crippen LogP contribution >= 0.6 is 0 Å². The van der Waals surface area contributed by atoms with Gasteiger partial charge >= 0.3 is 0 Å². The minimum atomic E-state index is -0.775. The molecule has 41 heavy (non-hydrogen) atoms. The van der Waals surface area contributed by atoms with E-state index >= 15 is 0 Å². The summed E-state index contributed by atoms with van der Waals surface area (Å²) in [4.78, 5) is 30.9. The third kappa shape index (κ3) is 4.98. The van der Waals surface area contributed by atoms with E-state index in [0.29, 0.717) is 67.0 Å². The van der Waals surface area contributed by atoms with Gasteiger partial charge in [0.25, 0.3) is 5.91 Å². The average molecular weight is 559 g/mol. The third-order valence-corrected chi connectivity index (χ3v) is 8.10. The van der Waals surface area contributed by atoms with E-state index in [1.54, 1.807) is 29.2 Å². The van der Waals surface area contributed by atoms with Crippen molar-refractivity contribution >= 4 is 28.7 Å². The SMILES string of the molecule is O=C1NCc2c(-c3cnc4cc(F)ccn34)ncc(Nc3ccc(N4CCCC(O)(CN5CCOCC5)C4)cn3)c21. The van der Waals surface area contributed by atoms with Gasteiger partial charge < -0.3 is 25.4 Å². The Morgan fingerprint density at radius 2 is 1.98 bits per heavy atom. The smallest absolute Gasteiger partial charge is 0.254 e. The van der Waals surface area contributed by atoms with Gasteiger partial charge in [0.1, 0.15) is 17.3 Å². The Balaban J connectivity index is 1.10. The van der Waals surface area contributed by atoms with E-state index in [1.807, 2.05) is 12.1 Å². The minimum Gasteiger partial charge on any atom is -0.387 e. The highest BCUT2D eigenvalue weighted by Gasteiger charge is 2.36. The van der Waals surface area contributed by atoms with Crippen molar-refractivity contribution in [2.24, 2.45) is 0 Å². The zero-order valence-electron chi connectivity index (χ0n) is 22.5. The molecule has 3 N–H and O–H groups in total. The highest BCUT2D eigenvalue weighted by atomic mass is 19.1. The molecule has 4 aromatic rings. The minimum absolute atomic E-state index is 0.199. The summed E-state index contributed by atoms with van der Waals surface area (Å²) in [6, 6.07) is 6.57. The van der Waals surface area contributed by atoms with Crippen LogP contribution in [0.25, 0.3) is 17.0 Å². The van der Waals surface area contributed by atoms with E-state index in [9.17, 15) is 14.3 Å². The van der Waals surface area contributed by atoms with Crippen LogP contribution in [0.5, 0.6) is 0 Å². The lowest BCUT2D eigenvalue weighted by Crippen LogP contribution is -2.56. The fourth-order valence-corrected chi connectivity index (χ4v) is 6.11. The lowest BCUT2D eigenvalue weighted by molar-refractivity contribution is -0.0382. The number of carbonyl (C=O) groups is 1. The summed E-state index contributed by atoms with van der Waals surface area (Å²) in [5.74, 6) is 0.0123. The maximum absolute atomic E-state index is 13.7. The number of nitrogens with zero attached hydrogens (tertiary/aromatic N) is 6. The number of imidazole rings is 1. The number of aliphatic hydroxyl groups is 1. The molecule has 212 valence electrons. The first-order valence-electron chi connectivity index (χ1n) is 13.9. The number of piperidine rings is 1. The van der Waals surface area contributed by atoms with Gasteiger partial charge in [0.2, 0.25) is 0 Å². The van der Waals surface area contributed by atoms with E-state index in [4.69, 9.17) is 4.74 Å². The predicted octanol–water partition coefficient (Wildman–Crippen LogP) is 2.58. The van der Waals surface area contributed by atoms with Crippen LogP contribution in [0.1, 0.15) is 28.8 Å². The van der Waals surface area contributed by atoms with E-state index < -0.39 is 5.60 Å². The standard InChI is InChI=1S/C29H31FN8O3/c30-19-4-7-38-23(16-32-25(38)12-19)27-21-14-34-28(39)26(21)22(15-33-27)35-24-3-2-20(13-31-24)37-6-1-5-29(40,18-37)17-36-8-10-41-11-9-36/h2-4,7,12-13,15-16,40H,1,5-6,8-11,14,17-18H2,(H,31,35)(H,34,39). The summed E-state index contributed by atoms with van der Waals surface area (Å²) in [5, 5.41) is 17.5. The fourth-order valence-electron chi connectivity index (χ4n) is 6.11. The molecular weight excluding hydrogens is 527 g/mol. The number of β-amino-alcohol motifs (C(OH)–C–C–N with tert-alkyl or cyclic N) is 1. The molecule has 3 aliphatic rings. The van der Waals surface area contributed by atoms with Crippen LogP contribution in [0.4, 0.5) is 21.6 Å². The first-order valence-corrected chi connectivity index (χ1v) is 13.9. The lowest BCUT2D eigenvalue weighted by Gasteiger charge is -2.43. The van der Waals surface area contributed by atoms with E-state index in [0.717, 1.165) is 43.7 Å². The number of morpholine rings is 1. The van der Waals surface area contributed by atoms with Crippen LogP contribution in [0.2, 0.25) is 0 Å². The maximum Gasteiger partial charge on any atom is 0.254 e. The largest absolute Gasteiger partial charge is 0.387 e. The molecule has 0 spiro atoms. The number of anilines is 3. The van der Waals surface area contributed by atoms with Crippen molar-refractivity contribution in [1.29, 1.82) is 0 Å². The first-order chi connectivity index (χ1) is 20.0. The Kier molecular flexibility index (Phi) is 6.53. The molecule has 11 nitrogen and oxygen atoms in total. The zero-order chi connectivity index (χ0) is 28.0. The summed E-state index contributed by atoms with van der Waals surface area (Å²) >= 11 is 0. The summed E-state index contributed by atoms with van der Waals surface area (Å²) in [7, 11) is 0. The van der Waals surface area contributed by atoms with Crippen LogP contribution in [-0.4, -0.2) is 86.8 Å². The average Bonchev–Trinajstić information content (AvgIpc) is 3.57. The summed E-state index contributed by atoms with van der Waals surface area (Å²) in [5.41, 5.74) is 3.72. The van der Waals surface area contributed by atoms with Crippen molar-refractivity contribution in [1.82, 2.24) is 29.6 Å². The van der Waals surface area contributed by atoms with E-state index in [-0.39, 0.29) is 11.7 Å². The second kappa shape index (κ2) is 10.4. The molecule has 7 heterocycles. The number of ether oxygens (including phenoxy) is 1. The van der Waals surface area contributed by atoms with Crippen molar-refractivity contribution in [3.05, 3.63) is 66.0 Å². The van der Waals surface area contributed by atoms with Gasteiger partial charge in [-0.1, -0.05) is 0 Å². The Labute approximate surface area is 236 Å². The number of aromatic nitrogens is 4. The number of fused-ring (bicyclic) bond motifs is 2. The Hall–Kier alpha value is -4.13. The number of amides is 1. The summed E-state index contributed by atoms with van der Waals surface area (Å²) in [6.45, 7) is 5.49. The fraction of sp³-hybridized carbons (Fsp3) is 0.379. The zero-order valence-corrected chi connectivity index (χ0v) is 22.5. The Morgan fingerprint density at radius 1 is 1.10 bits per heavy atom. The van der Waals surface area contributed by atoms with Gasteiger partial charge in [0, 0.05) is 57.1 Å². The molecule has 1 atom stereocenters. The van der Waals surface area contributed by atoms with Crippen LogP contribution < -0.4 is 15.5 Å². The van der Waals surface area contributed by atoms with Crippen LogP contribution in [0.15, 0.2) is 49.1 Å². The van der Waals surface area contributed by atoms with Gasteiger partial charge in [0.05, 0.1) is 65.7 Å². The predicted molar refractivity (Wildman–Crippen MR) is 151 cm³/mol. The molecule has 0 aliphatic carbocycles. The second-order valence-electron chi connectivity index (χ2n) is 10.9. The number of hydrogen-bond donors (Lipinski definition) is 3. The monoisotopic (exact) mass is 558 g/mol. The molecule has 0 saturated carbocycles. The molecule has 2 saturated heterocycles. The van der Waals surface area contributed by atoms with Crippen LogP contribution in [-0.2, 0) is 11.3 Å². The number of halogens is 1. The lowest BCUT2D eigenvalue weighted by atomic mass is 9.91. The molecule has 0 radical (unpaired) electrons. The van der Waals surface area contributed by atoms with Gasteiger partial charge in [-0.2, -0.15) is 0 Å². The highest BCUT2D eigenvalue weighted by molar-refractivity contribution is 6.05. The van der Waals surface area contributed by atoms with Crippen molar-refractivity contribution in [2.75, 3.05) is 56.2 Å². The molecule has 7 rings (SSSR count). The topological polar surface area (TPSA) is 120 Å². The van der Waals surface area contributed by atoms with E-state index in [1.165, 1.54) is 12.1 Å². The first kappa shape index (κ1) is 25.8. The molecular formula is C29H31FN8O3. The molecule has 1 amide bonds. The van der Waals surface area contributed by atoms with Gasteiger partial charge in [-0.3, -0.25) is 19.1 Å². The summed E-state index contributed by atoms with van der Waals surface area (Å²) in [6.07, 6.45) is 8.33. The van der Waals surface area contributed by atoms with E-state index in [2.05, 4.69) is 35.4 Å². The van der Waals surface area contributed by atoms with Crippen molar-refractivity contribution in [3.63, 3.8) is 0 Å². The normalized spacial score (nSPS) is 21.2. The maximum atomic E-state index is 13.7. The Morgan fingerprint density at radius 3 is 2.80 bits per heavy atom. The molecule has 4 aromatic heterocycles. The number of carbonyl (C=O) groups excluding carboxylic acids is 1. The molecule has 0 bridgehead atoms. The Bertz CT molecular complexity index is 1600. The van der Waals surface area contributed by atoms with Gasteiger partial charge in [0.15, 0.2) is 0 Å². The van der Waals surface area contributed by atoms with Crippen molar-refractivity contribution in [2.45, 2.75) is 25.0 Å². The number of pyridine rings is 3. The molecule has 0 aromatic carbocycles. The van der Waals surface area contributed by atoms with Crippen molar-refractivity contribution in [3.8, 4) is 11.4 Å². The van der Waals surface area contributed by atoms with Gasteiger partial charge in [-0.05, 0) is 31.0 Å². The number of nitrogens with one attached hydrogen (secondary N) is 2. The molecule has 12 heteroatoms. The van der Waals surface area contributed by atoms with Crippen LogP contribution in [0.3, 0.4) is 0 Å². The summed E-state index contributed by atoms with van der Waals surface area (Å²) < 4.78 is 20.9. The second-order valence-corrected chi connectivity index (χ2v) is 10.9.